The van der Waals surface area contributed by atoms with Crippen LogP contribution in [0.15, 0.2) is 12.1 Å². The van der Waals surface area contributed by atoms with Crippen LogP contribution in [0.3, 0.4) is 0 Å². The molecule has 0 spiro atoms. The summed E-state index contributed by atoms with van der Waals surface area (Å²) in [7, 11) is 1.42. The number of thiophene rings is 1. The van der Waals surface area contributed by atoms with E-state index in [1.54, 1.807) is 11.3 Å². The fourth-order valence-electron chi connectivity index (χ4n) is 1.87. The van der Waals surface area contributed by atoms with Crippen LogP contribution in [0.5, 0.6) is 0 Å². The predicted molar refractivity (Wildman–Crippen MR) is 69.1 cm³/mol. The van der Waals surface area contributed by atoms with Gasteiger partial charge in [0.25, 0.3) is 0 Å². The van der Waals surface area contributed by atoms with Gasteiger partial charge in [0.2, 0.25) is 0 Å². The number of esters is 1. The van der Waals surface area contributed by atoms with Gasteiger partial charge < -0.3 is 10.1 Å². The summed E-state index contributed by atoms with van der Waals surface area (Å²) in [4.78, 5) is 13.5. The topological polar surface area (TPSA) is 38.3 Å². The molecule has 94 valence electrons. The Balaban J connectivity index is 1.80. The van der Waals surface area contributed by atoms with Crippen molar-refractivity contribution in [3.05, 3.63) is 21.9 Å². The first-order valence-corrected chi connectivity index (χ1v) is 6.71. The molecule has 1 aliphatic rings. The van der Waals surface area contributed by atoms with Crippen LogP contribution >= 0.6 is 11.3 Å². The van der Waals surface area contributed by atoms with E-state index in [0.29, 0.717) is 17.9 Å². The van der Waals surface area contributed by atoms with Crippen molar-refractivity contribution in [2.24, 2.45) is 5.41 Å². The fourth-order valence-corrected chi connectivity index (χ4v) is 2.82. The molecular formula is C13H19NO2S. The van der Waals surface area contributed by atoms with Crippen LogP contribution in [0.25, 0.3) is 0 Å². The second kappa shape index (κ2) is 4.78. The van der Waals surface area contributed by atoms with Gasteiger partial charge in [-0.05, 0) is 24.0 Å². The minimum absolute atomic E-state index is 0.172. The average molecular weight is 253 g/mol. The van der Waals surface area contributed by atoms with Gasteiger partial charge in [-0.2, -0.15) is 0 Å². The number of hydrogen-bond acceptors (Lipinski definition) is 4. The van der Waals surface area contributed by atoms with Crippen LogP contribution in [-0.2, 0) is 22.5 Å². The van der Waals surface area contributed by atoms with E-state index < -0.39 is 0 Å². The zero-order valence-electron chi connectivity index (χ0n) is 10.6. The van der Waals surface area contributed by atoms with Crippen LogP contribution < -0.4 is 5.32 Å². The molecule has 4 heteroatoms. The second-order valence-electron chi connectivity index (χ2n) is 5.25. The van der Waals surface area contributed by atoms with E-state index in [2.05, 4.69) is 30.0 Å². The van der Waals surface area contributed by atoms with E-state index in [0.717, 1.165) is 11.4 Å². The minimum Gasteiger partial charge on any atom is -0.469 e. The van der Waals surface area contributed by atoms with Gasteiger partial charge in [-0.3, -0.25) is 4.79 Å². The van der Waals surface area contributed by atoms with E-state index in [1.165, 1.54) is 18.4 Å². The lowest BCUT2D eigenvalue weighted by Crippen LogP contribution is -2.19. The Morgan fingerprint density at radius 2 is 2.18 bits per heavy atom. The van der Waals surface area contributed by atoms with Gasteiger partial charge in [0.1, 0.15) is 0 Å². The second-order valence-corrected chi connectivity index (χ2v) is 6.50. The molecular weight excluding hydrogens is 234 g/mol. The molecule has 1 fully saturated rings. The first-order chi connectivity index (χ1) is 8.01. The van der Waals surface area contributed by atoms with Gasteiger partial charge in [0.15, 0.2) is 0 Å². The van der Waals surface area contributed by atoms with Gasteiger partial charge >= 0.3 is 5.97 Å². The van der Waals surface area contributed by atoms with Crippen molar-refractivity contribution in [3.63, 3.8) is 0 Å². The molecule has 1 aromatic heterocycles. The van der Waals surface area contributed by atoms with E-state index in [4.69, 9.17) is 0 Å². The van der Waals surface area contributed by atoms with Crippen molar-refractivity contribution < 1.29 is 9.53 Å². The molecule has 17 heavy (non-hydrogen) atoms. The lowest BCUT2D eigenvalue weighted by Gasteiger charge is -2.04. The van der Waals surface area contributed by atoms with Crippen molar-refractivity contribution in [2.75, 3.05) is 7.11 Å². The monoisotopic (exact) mass is 253 g/mol. The van der Waals surface area contributed by atoms with E-state index in [9.17, 15) is 4.79 Å². The molecule has 0 aromatic carbocycles. The van der Waals surface area contributed by atoms with Crippen LogP contribution in [0.2, 0.25) is 0 Å². The number of methoxy groups -OCH3 is 1. The molecule has 0 amide bonds. The van der Waals surface area contributed by atoms with Crippen molar-refractivity contribution in [3.8, 4) is 0 Å². The Hall–Kier alpha value is -0.870. The molecule has 0 saturated heterocycles. The molecule has 0 aliphatic heterocycles. The normalized spacial score (nSPS) is 21.2. The van der Waals surface area contributed by atoms with Gasteiger partial charge in [0, 0.05) is 22.3 Å². The quantitative estimate of drug-likeness (QED) is 0.819. The third-order valence-electron chi connectivity index (χ3n) is 3.30. The minimum atomic E-state index is -0.172. The lowest BCUT2D eigenvalue weighted by molar-refractivity contribution is -0.139. The zero-order chi connectivity index (χ0) is 12.5. The van der Waals surface area contributed by atoms with Crippen LogP contribution in [0, 0.1) is 5.41 Å². The summed E-state index contributed by atoms with van der Waals surface area (Å²) < 4.78 is 4.65. The smallest absolute Gasteiger partial charge is 0.310 e. The third kappa shape index (κ3) is 3.30. The number of nitrogens with one attached hydrogen (secondary N) is 1. The van der Waals surface area contributed by atoms with Gasteiger partial charge in [-0.25, -0.2) is 0 Å². The molecule has 1 saturated carbocycles. The number of hydrogen-bond donors (Lipinski definition) is 1. The Bertz CT molecular complexity index is 411. The highest BCUT2D eigenvalue weighted by molar-refractivity contribution is 7.12. The van der Waals surface area contributed by atoms with E-state index in [-0.39, 0.29) is 5.97 Å². The van der Waals surface area contributed by atoms with E-state index in [1.807, 2.05) is 6.07 Å². The van der Waals surface area contributed by atoms with Crippen LogP contribution in [0.1, 0.15) is 30.0 Å². The summed E-state index contributed by atoms with van der Waals surface area (Å²) in [6.07, 6.45) is 1.64. The van der Waals surface area contributed by atoms with Gasteiger partial charge in [-0.15, -0.1) is 11.3 Å². The SMILES string of the molecule is COC(=O)Cc1ccc(CNC2CC2(C)C)s1. The Kier molecular flexibility index (Phi) is 3.54. The summed E-state index contributed by atoms with van der Waals surface area (Å²) in [6, 6.07) is 4.75. The molecule has 0 bridgehead atoms. The molecule has 1 unspecified atom stereocenters. The van der Waals surface area contributed by atoms with Crippen molar-refractivity contribution >= 4 is 17.3 Å². The van der Waals surface area contributed by atoms with Crippen LogP contribution in [-0.4, -0.2) is 19.1 Å². The maximum atomic E-state index is 11.1. The number of carbonyl (C=O) groups is 1. The summed E-state index contributed by atoms with van der Waals surface area (Å²) in [5.41, 5.74) is 0.464. The maximum absolute atomic E-state index is 11.1. The van der Waals surface area contributed by atoms with E-state index >= 15 is 0 Å². The maximum Gasteiger partial charge on any atom is 0.310 e. The highest BCUT2D eigenvalue weighted by atomic mass is 32.1. The summed E-state index contributed by atoms with van der Waals surface area (Å²) in [5.74, 6) is -0.172. The third-order valence-corrected chi connectivity index (χ3v) is 4.38. The first kappa shape index (κ1) is 12.6. The number of ether oxygens (including phenoxy) is 1. The Morgan fingerprint density at radius 1 is 1.53 bits per heavy atom. The molecule has 0 radical (unpaired) electrons. The summed E-state index contributed by atoms with van der Waals surface area (Å²) in [6.45, 7) is 5.46. The molecule has 1 aromatic rings. The first-order valence-electron chi connectivity index (χ1n) is 5.89. The largest absolute Gasteiger partial charge is 0.469 e. The molecule has 3 nitrogen and oxygen atoms in total. The van der Waals surface area contributed by atoms with Crippen LogP contribution in [0.4, 0.5) is 0 Å². The molecule has 1 N–H and O–H groups in total. The number of rotatable bonds is 5. The summed E-state index contributed by atoms with van der Waals surface area (Å²) in [5, 5.41) is 3.54. The molecule has 2 rings (SSSR count). The Morgan fingerprint density at radius 3 is 2.76 bits per heavy atom. The molecule has 1 aliphatic carbocycles. The van der Waals surface area contributed by atoms with Crippen molar-refractivity contribution in [1.29, 1.82) is 0 Å². The summed E-state index contributed by atoms with van der Waals surface area (Å²) >= 11 is 1.68. The standard InChI is InChI=1S/C13H19NO2S/c1-13(2)7-11(13)14-8-10-5-4-9(17-10)6-12(15)16-3/h4-5,11,14H,6-8H2,1-3H3. The van der Waals surface area contributed by atoms with Gasteiger partial charge in [-0.1, -0.05) is 13.8 Å². The molecule has 1 atom stereocenters. The van der Waals surface area contributed by atoms with Gasteiger partial charge in [0.05, 0.1) is 13.5 Å². The highest BCUT2D eigenvalue weighted by Crippen LogP contribution is 2.44. The Labute approximate surface area is 106 Å². The fraction of sp³-hybridized carbons (Fsp3) is 0.615. The number of carbonyl (C=O) groups excluding carboxylic acids is 1. The molecule has 1 heterocycles. The van der Waals surface area contributed by atoms with Crippen molar-refractivity contribution in [1.82, 2.24) is 5.32 Å². The van der Waals surface area contributed by atoms with Crippen molar-refractivity contribution in [2.45, 2.75) is 39.3 Å². The zero-order valence-corrected chi connectivity index (χ0v) is 11.4. The lowest BCUT2D eigenvalue weighted by atomic mass is 10.2. The predicted octanol–water partition coefficient (Wildman–Crippen LogP) is 2.35. The average Bonchev–Trinajstić information content (AvgIpc) is 2.70. The highest BCUT2D eigenvalue weighted by Gasteiger charge is 2.44.